The number of unbranched alkanes of at least 4 members (excludes halogenated alkanes) is 3. The van der Waals surface area contributed by atoms with Gasteiger partial charge in [0.2, 0.25) is 0 Å². The first-order chi connectivity index (χ1) is 2.91. The van der Waals surface area contributed by atoms with Gasteiger partial charge in [-0.05, 0) is 0 Å². The monoisotopic (exact) mass is 170 g/mol. The van der Waals surface area contributed by atoms with Gasteiger partial charge < -0.3 is 6.92 Å². The second-order valence-electron chi connectivity index (χ2n) is 1.56. The first-order valence-corrected chi connectivity index (χ1v) is 2.71. The predicted molar refractivity (Wildman–Crippen MR) is 29.5 cm³/mol. The molecule has 0 aromatic heterocycles. The molecule has 0 aromatic carbocycles. The first-order valence-electron chi connectivity index (χ1n) is 2.71. The van der Waals surface area contributed by atoms with Crippen molar-refractivity contribution in [2.24, 2.45) is 0 Å². The zero-order chi connectivity index (χ0) is 4.83. The third kappa shape index (κ3) is 11.4. The molecule has 0 N–H and O–H groups in total. The first kappa shape index (κ1) is 11.6. The molecule has 0 unspecified atom stereocenters. The summed E-state index contributed by atoms with van der Waals surface area (Å²) in [4.78, 5) is 0. The van der Waals surface area contributed by atoms with Crippen LogP contribution in [0.4, 0.5) is 0 Å². The maximum atomic E-state index is 3.72. The predicted octanol–water partition coefficient (Wildman–Crippen LogP) is -0.595. The SMILES string of the molecule is [CH2-]CCCCC.[Rb+]. The van der Waals surface area contributed by atoms with Crippen molar-refractivity contribution >= 4 is 0 Å². The van der Waals surface area contributed by atoms with E-state index in [1.165, 1.54) is 19.3 Å². The summed E-state index contributed by atoms with van der Waals surface area (Å²) in [5.74, 6) is 0. The Morgan fingerprint density at radius 3 is 2.00 bits per heavy atom. The minimum atomic E-state index is 0. The summed E-state index contributed by atoms with van der Waals surface area (Å²) in [5.41, 5.74) is 0. The van der Waals surface area contributed by atoms with Gasteiger partial charge in [0.1, 0.15) is 0 Å². The van der Waals surface area contributed by atoms with Crippen LogP contribution in [0.15, 0.2) is 0 Å². The average Bonchev–Trinajstić information content (AvgIpc) is 1.61. The fourth-order valence-electron chi connectivity index (χ4n) is 0.427. The molecule has 0 fully saturated rings. The largest absolute Gasteiger partial charge is 1.00 e. The summed E-state index contributed by atoms with van der Waals surface area (Å²) in [6.45, 7) is 5.93. The van der Waals surface area contributed by atoms with Gasteiger partial charge in [-0.1, -0.05) is 26.2 Å². The minimum absolute atomic E-state index is 0. The van der Waals surface area contributed by atoms with Gasteiger partial charge in [0.05, 0.1) is 0 Å². The molecule has 1 heteroatoms. The Morgan fingerprint density at radius 2 is 1.86 bits per heavy atom. The molecule has 0 heterocycles. The van der Waals surface area contributed by atoms with Crippen LogP contribution in [0.3, 0.4) is 0 Å². The maximum Gasteiger partial charge on any atom is 1.00 e. The summed E-state index contributed by atoms with van der Waals surface area (Å²) in [6, 6.07) is 0. The van der Waals surface area contributed by atoms with Crippen molar-refractivity contribution in [3.8, 4) is 0 Å². The van der Waals surface area contributed by atoms with E-state index in [0.717, 1.165) is 6.42 Å². The molecule has 0 atom stereocenters. The van der Waals surface area contributed by atoms with Gasteiger partial charge in [-0.2, -0.15) is 6.42 Å². The second kappa shape index (κ2) is 10.7. The molecule has 0 nitrogen and oxygen atoms in total. The zero-order valence-electron chi connectivity index (χ0n) is 5.54. The Kier molecular flexibility index (Phi) is 17.7. The molecule has 0 amide bonds. The van der Waals surface area contributed by atoms with Crippen molar-refractivity contribution in [2.45, 2.75) is 32.6 Å². The van der Waals surface area contributed by atoms with E-state index in [1.54, 1.807) is 0 Å². The molecule has 0 radical (unpaired) electrons. The van der Waals surface area contributed by atoms with E-state index in [0.29, 0.717) is 0 Å². The van der Waals surface area contributed by atoms with Gasteiger partial charge in [0.25, 0.3) is 0 Å². The molecule has 0 bridgehead atoms. The normalized spacial score (nSPS) is 7.71. The third-order valence-corrected chi connectivity index (χ3v) is 0.854. The van der Waals surface area contributed by atoms with E-state index in [9.17, 15) is 0 Å². The van der Waals surface area contributed by atoms with Gasteiger partial charge in [-0.15, -0.1) is 0 Å². The number of hydrogen-bond donors (Lipinski definition) is 0. The average molecular weight is 171 g/mol. The van der Waals surface area contributed by atoms with E-state index in [1.807, 2.05) is 0 Å². The molecule has 0 saturated heterocycles. The van der Waals surface area contributed by atoms with Crippen molar-refractivity contribution in [1.82, 2.24) is 0 Å². The summed E-state index contributed by atoms with van der Waals surface area (Å²) in [5, 5.41) is 0. The molecule has 7 heavy (non-hydrogen) atoms. The molecule has 0 spiro atoms. The molecule has 0 rings (SSSR count). The van der Waals surface area contributed by atoms with Crippen molar-refractivity contribution in [3.05, 3.63) is 6.92 Å². The minimum Gasteiger partial charge on any atom is -0.343 e. The van der Waals surface area contributed by atoms with Crippen molar-refractivity contribution in [2.75, 3.05) is 0 Å². The Bertz CT molecular complexity index is 16.1. The van der Waals surface area contributed by atoms with Crippen molar-refractivity contribution in [1.29, 1.82) is 0 Å². The van der Waals surface area contributed by atoms with Crippen molar-refractivity contribution in [3.63, 3.8) is 0 Å². The van der Waals surface area contributed by atoms with Crippen LogP contribution in [0.2, 0.25) is 0 Å². The zero-order valence-corrected chi connectivity index (χ0v) is 10.5. The van der Waals surface area contributed by atoms with Gasteiger partial charge in [0.15, 0.2) is 0 Å². The van der Waals surface area contributed by atoms with Crippen LogP contribution in [-0.2, 0) is 0 Å². The molecular formula is C6H13Rb. The standard InChI is InChI=1S/C6H13.Rb/c1-3-5-6-4-2;/h1,3-6H2,2H3;/q-1;+1. The fourth-order valence-corrected chi connectivity index (χ4v) is 0.427. The van der Waals surface area contributed by atoms with Crippen LogP contribution in [0, 0.1) is 6.92 Å². The molecule has 0 aliphatic heterocycles. The Morgan fingerprint density at radius 1 is 1.29 bits per heavy atom. The quantitative estimate of drug-likeness (QED) is 0.392. The van der Waals surface area contributed by atoms with E-state index in [2.05, 4.69) is 13.8 Å². The number of rotatable bonds is 3. The van der Waals surface area contributed by atoms with E-state index in [-0.39, 0.29) is 58.2 Å². The maximum absolute atomic E-state index is 3.72. The second-order valence-corrected chi connectivity index (χ2v) is 1.56. The van der Waals surface area contributed by atoms with Crippen LogP contribution in [0.25, 0.3) is 0 Å². The summed E-state index contributed by atoms with van der Waals surface area (Å²) < 4.78 is 0. The molecule has 0 aromatic rings. The molecule has 0 aliphatic carbocycles. The molecule has 38 valence electrons. The molecule has 0 aliphatic rings. The molecular weight excluding hydrogens is 158 g/mol. The van der Waals surface area contributed by atoms with Crippen molar-refractivity contribution < 1.29 is 58.2 Å². The van der Waals surface area contributed by atoms with E-state index >= 15 is 0 Å². The van der Waals surface area contributed by atoms with Gasteiger partial charge >= 0.3 is 58.2 Å². The Balaban J connectivity index is 0. The summed E-state index contributed by atoms with van der Waals surface area (Å²) >= 11 is 0. The van der Waals surface area contributed by atoms with Crippen LogP contribution < -0.4 is 58.2 Å². The smallest absolute Gasteiger partial charge is 0.343 e. The van der Waals surface area contributed by atoms with E-state index in [4.69, 9.17) is 0 Å². The summed E-state index contributed by atoms with van der Waals surface area (Å²) in [7, 11) is 0. The van der Waals surface area contributed by atoms with Crippen LogP contribution in [-0.4, -0.2) is 0 Å². The Labute approximate surface area is 95.9 Å². The topological polar surface area (TPSA) is 0 Å². The number of hydrogen-bond acceptors (Lipinski definition) is 0. The fraction of sp³-hybridized carbons (Fsp3) is 0.833. The van der Waals surface area contributed by atoms with Gasteiger partial charge in [0, 0.05) is 0 Å². The van der Waals surface area contributed by atoms with Crippen LogP contribution >= 0.6 is 0 Å². The van der Waals surface area contributed by atoms with Crippen LogP contribution in [0.1, 0.15) is 32.6 Å². The van der Waals surface area contributed by atoms with E-state index < -0.39 is 0 Å². The summed E-state index contributed by atoms with van der Waals surface area (Å²) in [6.07, 6.45) is 5.07. The Hall–Kier alpha value is 1.81. The third-order valence-electron chi connectivity index (χ3n) is 0.854. The van der Waals surface area contributed by atoms with Gasteiger partial charge in [-0.3, -0.25) is 0 Å². The van der Waals surface area contributed by atoms with Crippen LogP contribution in [0.5, 0.6) is 0 Å². The molecule has 0 saturated carbocycles. The van der Waals surface area contributed by atoms with Gasteiger partial charge in [-0.25, -0.2) is 0 Å².